The van der Waals surface area contributed by atoms with E-state index in [1.807, 2.05) is 48.5 Å². The highest BCUT2D eigenvalue weighted by Gasteiger charge is 2.33. The van der Waals surface area contributed by atoms with Crippen molar-refractivity contribution in [2.45, 2.75) is 47.6 Å². The Bertz CT molecular complexity index is 1440. The molecule has 1 saturated carbocycles. The molecule has 0 aliphatic heterocycles. The van der Waals surface area contributed by atoms with Gasteiger partial charge in [0.15, 0.2) is 0 Å². The Morgan fingerprint density at radius 2 is 0.912 bits per heavy atom. The molecule has 0 bridgehead atoms. The van der Waals surface area contributed by atoms with Gasteiger partial charge >= 0.3 is 0 Å². The van der Waals surface area contributed by atoms with Crippen molar-refractivity contribution in [1.82, 2.24) is 9.44 Å². The van der Waals surface area contributed by atoms with E-state index in [1.54, 1.807) is 36.4 Å². The van der Waals surface area contributed by atoms with Crippen LogP contribution in [0.3, 0.4) is 0 Å². The summed E-state index contributed by atoms with van der Waals surface area (Å²) < 4.78 is 59.1. The van der Waals surface area contributed by atoms with Crippen molar-refractivity contribution in [2.75, 3.05) is 0 Å². The lowest BCUT2D eigenvalue weighted by Crippen LogP contribution is -2.53. The molecule has 2 atom stereocenters. The summed E-state index contributed by atoms with van der Waals surface area (Å²) in [6.07, 6.45) is 2.78. The summed E-state index contributed by atoms with van der Waals surface area (Å²) in [4.78, 5) is 0.402. The molecule has 2 N–H and O–H groups in total. The van der Waals surface area contributed by atoms with E-state index in [-0.39, 0.29) is 9.79 Å². The largest absolute Gasteiger partial charge is 0.241 e. The van der Waals surface area contributed by atoms with Crippen LogP contribution in [0.5, 0.6) is 0 Å². The first-order valence-corrected chi connectivity index (χ1v) is 14.3. The van der Waals surface area contributed by atoms with Gasteiger partial charge < -0.3 is 0 Å². The van der Waals surface area contributed by atoms with E-state index in [2.05, 4.69) is 9.44 Å². The predicted octanol–water partition coefficient (Wildman–Crippen LogP) is 4.56. The third-order valence-corrected chi connectivity index (χ3v) is 9.55. The first kappa shape index (κ1) is 23.0. The second-order valence-corrected chi connectivity index (χ2v) is 12.1. The standard InChI is InChI=1S/C26H26N2O4S2/c29-33(30,25-17-7-11-19-9-1-3-13-21(19)25)27-23-15-5-6-16-24(23)28-34(31,32)26-18-8-12-20-10-2-4-14-22(20)26/h1-4,7-14,17-18,23-24,27-28H,5-6,15-16H2/t23-,24-/m0/s1. The topological polar surface area (TPSA) is 92.3 Å². The molecule has 1 aliphatic rings. The molecule has 4 aromatic carbocycles. The predicted molar refractivity (Wildman–Crippen MR) is 135 cm³/mol. The van der Waals surface area contributed by atoms with Crippen LogP contribution in [0.1, 0.15) is 25.7 Å². The highest BCUT2D eigenvalue weighted by atomic mass is 32.2. The zero-order valence-corrected chi connectivity index (χ0v) is 20.1. The number of rotatable bonds is 6. The highest BCUT2D eigenvalue weighted by molar-refractivity contribution is 7.90. The molecule has 0 aromatic heterocycles. The van der Waals surface area contributed by atoms with Gasteiger partial charge in [-0.1, -0.05) is 85.6 Å². The molecule has 1 aliphatic carbocycles. The summed E-state index contributed by atoms with van der Waals surface area (Å²) >= 11 is 0. The van der Waals surface area contributed by atoms with Crippen LogP contribution in [0.25, 0.3) is 21.5 Å². The van der Waals surface area contributed by atoms with Crippen molar-refractivity contribution >= 4 is 41.6 Å². The molecule has 0 radical (unpaired) electrons. The minimum Gasteiger partial charge on any atom is -0.207 e. The second kappa shape index (κ2) is 9.11. The number of hydrogen-bond acceptors (Lipinski definition) is 4. The van der Waals surface area contributed by atoms with Crippen LogP contribution in [-0.4, -0.2) is 28.9 Å². The van der Waals surface area contributed by atoms with E-state index in [0.29, 0.717) is 23.6 Å². The fraction of sp³-hybridized carbons (Fsp3) is 0.231. The first-order chi connectivity index (χ1) is 16.4. The Morgan fingerprint density at radius 1 is 0.529 bits per heavy atom. The van der Waals surface area contributed by atoms with Gasteiger partial charge in [0.05, 0.1) is 9.79 Å². The van der Waals surface area contributed by atoms with Gasteiger partial charge in [0, 0.05) is 22.9 Å². The Balaban J connectivity index is 1.44. The Morgan fingerprint density at radius 3 is 1.35 bits per heavy atom. The van der Waals surface area contributed by atoms with Crippen LogP contribution in [0, 0.1) is 0 Å². The lowest BCUT2D eigenvalue weighted by molar-refractivity contribution is 0.340. The maximum atomic E-state index is 13.4. The molecule has 1 fully saturated rings. The van der Waals surface area contributed by atoms with Crippen molar-refractivity contribution < 1.29 is 16.8 Å². The average Bonchev–Trinajstić information content (AvgIpc) is 2.84. The average molecular weight is 495 g/mol. The summed E-state index contributed by atoms with van der Waals surface area (Å²) in [6.45, 7) is 0. The number of sulfonamides is 2. The minimum atomic E-state index is -3.86. The Kier molecular flexibility index (Phi) is 6.16. The van der Waals surface area contributed by atoms with Crippen LogP contribution < -0.4 is 9.44 Å². The number of hydrogen-bond donors (Lipinski definition) is 2. The van der Waals surface area contributed by atoms with Gasteiger partial charge in [-0.3, -0.25) is 0 Å². The summed E-state index contributed by atoms with van der Waals surface area (Å²) in [5, 5.41) is 2.95. The summed E-state index contributed by atoms with van der Waals surface area (Å²) in [6, 6.07) is 23.9. The quantitative estimate of drug-likeness (QED) is 0.411. The molecule has 0 unspecified atom stereocenters. The molecule has 8 heteroatoms. The van der Waals surface area contributed by atoms with E-state index in [0.717, 1.165) is 23.6 Å². The van der Waals surface area contributed by atoms with E-state index in [4.69, 9.17) is 0 Å². The second-order valence-electron chi connectivity index (χ2n) is 8.69. The number of fused-ring (bicyclic) bond motifs is 2. The fourth-order valence-corrected chi connectivity index (χ4v) is 7.88. The molecular weight excluding hydrogens is 468 g/mol. The molecule has 0 amide bonds. The van der Waals surface area contributed by atoms with Crippen molar-refractivity contribution in [3.63, 3.8) is 0 Å². The van der Waals surface area contributed by atoms with Crippen LogP contribution >= 0.6 is 0 Å². The van der Waals surface area contributed by atoms with Crippen molar-refractivity contribution in [1.29, 1.82) is 0 Å². The summed E-state index contributed by atoms with van der Waals surface area (Å²) in [7, 11) is -7.72. The van der Waals surface area contributed by atoms with E-state index >= 15 is 0 Å². The van der Waals surface area contributed by atoms with Gasteiger partial charge in [-0.15, -0.1) is 0 Å². The zero-order valence-electron chi connectivity index (χ0n) is 18.5. The maximum absolute atomic E-state index is 13.4. The van der Waals surface area contributed by atoms with Gasteiger partial charge in [0.2, 0.25) is 20.0 Å². The maximum Gasteiger partial charge on any atom is 0.241 e. The van der Waals surface area contributed by atoms with E-state index < -0.39 is 32.1 Å². The van der Waals surface area contributed by atoms with Crippen LogP contribution in [0.4, 0.5) is 0 Å². The molecule has 0 saturated heterocycles. The third-order valence-electron chi connectivity index (χ3n) is 6.46. The van der Waals surface area contributed by atoms with Gasteiger partial charge in [0.25, 0.3) is 0 Å². The first-order valence-electron chi connectivity index (χ1n) is 11.4. The smallest absolute Gasteiger partial charge is 0.207 e. The normalized spacial score (nSPS) is 19.4. The third kappa shape index (κ3) is 4.46. The van der Waals surface area contributed by atoms with Crippen molar-refractivity contribution in [2.24, 2.45) is 0 Å². The number of nitrogens with one attached hydrogen (secondary N) is 2. The van der Waals surface area contributed by atoms with E-state index in [1.165, 1.54) is 0 Å². The van der Waals surface area contributed by atoms with Crippen LogP contribution in [0.2, 0.25) is 0 Å². The molecule has 0 heterocycles. The Labute approximate surface area is 200 Å². The van der Waals surface area contributed by atoms with Crippen LogP contribution in [0.15, 0.2) is 94.7 Å². The fourth-order valence-electron chi connectivity index (χ4n) is 4.80. The number of benzene rings is 4. The Hall–Kier alpha value is -2.78. The van der Waals surface area contributed by atoms with Gasteiger partial charge in [0.1, 0.15) is 0 Å². The molecule has 4 aromatic rings. The molecular formula is C26H26N2O4S2. The monoisotopic (exact) mass is 494 g/mol. The molecule has 0 spiro atoms. The summed E-state index contributed by atoms with van der Waals surface area (Å²) in [5.74, 6) is 0. The lowest BCUT2D eigenvalue weighted by Gasteiger charge is -2.32. The molecule has 6 nitrogen and oxygen atoms in total. The van der Waals surface area contributed by atoms with Crippen molar-refractivity contribution in [3.05, 3.63) is 84.9 Å². The van der Waals surface area contributed by atoms with Gasteiger partial charge in [-0.05, 0) is 35.7 Å². The SMILES string of the molecule is O=S(=O)(N[C@H]1CCCC[C@@H]1NS(=O)(=O)c1cccc2ccccc12)c1cccc2ccccc12. The molecule has 34 heavy (non-hydrogen) atoms. The highest BCUT2D eigenvalue weighted by Crippen LogP contribution is 2.28. The molecule has 5 rings (SSSR count). The van der Waals surface area contributed by atoms with Crippen molar-refractivity contribution in [3.8, 4) is 0 Å². The van der Waals surface area contributed by atoms with E-state index in [9.17, 15) is 16.8 Å². The van der Waals surface area contributed by atoms with Gasteiger partial charge in [-0.2, -0.15) is 0 Å². The summed E-state index contributed by atoms with van der Waals surface area (Å²) in [5.41, 5.74) is 0. The van der Waals surface area contributed by atoms with Gasteiger partial charge in [-0.25, -0.2) is 26.3 Å². The molecule has 176 valence electrons. The van der Waals surface area contributed by atoms with Crippen LogP contribution in [-0.2, 0) is 20.0 Å². The zero-order chi connectivity index (χ0) is 23.8. The minimum absolute atomic E-state index is 0.201. The lowest BCUT2D eigenvalue weighted by atomic mass is 9.92.